The Morgan fingerprint density at radius 2 is 2.58 bits per heavy atom. The molecule has 1 heterocycles. The van der Waals surface area contributed by atoms with Crippen LogP contribution in [0.4, 0.5) is 5.13 Å². The minimum atomic E-state index is 0.577. The van der Waals surface area contributed by atoms with Gasteiger partial charge < -0.3 is 11.1 Å². The van der Waals surface area contributed by atoms with Gasteiger partial charge in [-0.1, -0.05) is 23.2 Å². The van der Waals surface area contributed by atoms with Crippen molar-refractivity contribution in [1.82, 2.24) is 10.3 Å². The van der Waals surface area contributed by atoms with E-state index in [2.05, 4.69) is 22.1 Å². The van der Waals surface area contributed by atoms with Crippen LogP contribution in [0.15, 0.2) is 6.20 Å². The predicted molar refractivity (Wildman–Crippen MR) is 51.9 cm³/mol. The van der Waals surface area contributed by atoms with Crippen LogP contribution < -0.4 is 11.1 Å². The van der Waals surface area contributed by atoms with Crippen molar-refractivity contribution in [3.63, 3.8) is 0 Å². The number of hydrogen-bond acceptors (Lipinski definition) is 4. The zero-order valence-electron chi connectivity index (χ0n) is 6.92. The molecule has 0 aliphatic rings. The van der Waals surface area contributed by atoms with E-state index in [-0.39, 0.29) is 0 Å². The summed E-state index contributed by atoms with van der Waals surface area (Å²) in [6, 6.07) is 0. The quantitative estimate of drug-likeness (QED) is 0.521. The summed E-state index contributed by atoms with van der Waals surface area (Å²) < 4.78 is 0. The van der Waals surface area contributed by atoms with Crippen LogP contribution in [0.1, 0.15) is 11.3 Å². The van der Waals surface area contributed by atoms with E-state index in [0.29, 0.717) is 5.13 Å². The first-order valence-corrected chi connectivity index (χ1v) is 4.49. The van der Waals surface area contributed by atoms with Gasteiger partial charge >= 0.3 is 0 Å². The van der Waals surface area contributed by atoms with Crippen molar-refractivity contribution in [2.45, 2.75) is 6.42 Å². The maximum atomic E-state index is 5.44. The summed E-state index contributed by atoms with van der Waals surface area (Å²) in [4.78, 5) is 4.83. The van der Waals surface area contributed by atoms with E-state index in [9.17, 15) is 0 Å². The lowest BCUT2D eigenvalue weighted by Crippen LogP contribution is -2.05. The molecule has 0 spiro atoms. The van der Waals surface area contributed by atoms with Crippen LogP contribution in [0.25, 0.3) is 0 Å². The highest BCUT2D eigenvalue weighted by Gasteiger charge is 1.91. The number of nitrogens with one attached hydrogen (secondary N) is 1. The molecule has 0 aromatic carbocycles. The maximum absolute atomic E-state index is 5.44. The average Bonchev–Trinajstić information content (AvgIpc) is 2.45. The van der Waals surface area contributed by atoms with Crippen LogP contribution in [0.3, 0.4) is 0 Å². The number of hydrogen-bond donors (Lipinski definition) is 2. The number of nitrogens with two attached hydrogens (primary N) is 1. The van der Waals surface area contributed by atoms with Gasteiger partial charge in [-0.2, -0.15) is 0 Å². The van der Waals surface area contributed by atoms with Crippen LogP contribution >= 0.6 is 11.3 Å². The van der Waals surface area contributed by atoms with Gasteiger partial charge in [-0.05, 0) is 7.05 Å². The lowest BCUT2D eigenvalue weighted by molar-refractivity contribution is 0.818. The highest BCUT2D eigenvalue weighted by atomic mass is 32.1. The lowest BCUT2D eigenvalue weighted by Gasteiger charge is -1.86. The van der Waals surface area contributed by atoms with Gasteiger partial charge in [-0.15, -0.1) is 0 Å². The van der Waals surface area contributed by atoms with Crippen LogP contribution in [-0.4, -0.2) is 18.6 Å². The number of nitrogens with zero attached hydrogens (tertiary/aromatic N) is 1. The highest BCUT2D eigenvalue weighted by Crippen LogP contribution is 2.12. The van der Waals surface area contributed by atoms with E-state index >= 15 is 0 Å². The summed E-state index contributed by atoms with van der Waals surface area (Å²) >= 11 is 1.42. The van der Waals surface area contributed by atoms with Crippen molar-refractivity contribution in [3.05, 3.63) is 11.1 Å². The normalized spacial score (nSPS) is 9.08. The number of aromatic nitrogens is 1. The van der Waals surface area contributed by atoms with Crippen LogP contribution in [0, 0.1) is 11.8 Å². The van der Waals surface area contributed by atoms with Crippen molar-refractivity contribution in [2.24, 2.45) is 0 Å². The molecule has 0 aliphatic heterocycles. The average molecular weight is 181 g/mol. The standard InChI is InChI=1S/C8H11N3S/c1-10-5-3-2-4-7-6-11-8(9)12-7/h6,10H,3,5H2,1H3,(H2,9,11). The summed E-state index contributed by atoms with van der Waals surface area (Å²) in [6.07, 6.45) is 2.56. The Balaban J connectivity index is 2.43. The predicted octanol–water partition coefficient (Wildman–Crippen LogP) is 0.686. The molecule has 12 heavy (non-hydrogen) atoms. The molecule has 0 amide bonds. The molecule has 0 radical (unpaired) electrons. The molecule has 0 saturated heterocycles. The van der Waals surface area contributed by atoms with E-state index in [1.807, 2.05) is 7.05 Å². The van der Waals surface area contributed by atoms with E-state index in [0.717, 1.165) is 17.8 Å². The van der Waals surface area contributed by atoms with Gasteiger partial charge in [0.15, 0.2) is 5.13 Å². The summed E-state index contributed by atoms with van der Waals surface area (Å²) in [5, 5.41) is 3.60. The molecule has 64 valence electrons. The number of thiazole rings is 1. The molecule has 0 fully saturated rings. The third-order valence-corrected chi connectivity index (χ3v) is 1.98. The maximum Gasteiger partial charge on any atom is 0.181 e. The summed E-state index contributed by atoms with van der Waals surface area (Å²) in [5.41, 5.74) is 5.44. The second-order valence-electron chi connectivity index (χ2n) is 2.22. The molecule has 1 rings (SSSR count). The van der Waals surface area contributed by atoms with Gasteiger partial charge in [0.2, 0.25) is 0 Å². The van der Waals surface area contributed by atoms with Crippen molar-refractivity contribution in [2.75, 3.05) is 19.3 Å². The number of anilines is 1. The van der Waals surface area contributed by atoms with Gasteiger partial charge in [-0.3, -0.25) is 0 Å². The molecule has 3 N–H and O–H groups in total. The molecule has 0 aliphatic carbocycles. The minimum absolute atomic E-state index is 0.577. The fraction of sp³-hybridized carbons (Fsp3) is 0.375. The molecule has 0 atom stereocenters. The second-order valence-corrected chi connectivity index (χ2v) is 3.28. The summed E-state index contributed by atoms with van der Waals surface area (Å²) in [7, 11) is 1.91. The SMILES string of the molecule is CNCCC#Cc1cnc(N)s1. The molecule has 1 aromatic heterocycles. The molecule has 0 bridgehead atoms. The van der Waals surface area contributed by atoms with Gasteiger partial charge in [0.05, 0.1) is 11.1 Å². The largest absolute Gasteiger partial charge is 0.375 e. The fourth-order valence-corrected chi connectivity index (χ4v) is 1.24. The van der Waals surface area contributed by atoms with E-state index < -0.39 is 0 Å². The minimum Gasteiger partial charge on any atom is -0.375 e. The van der Waals surface area contributed by atoms with Crippen LogP contribution in [0.2, 0.25) is 0 Å². The van der Waals surface area contributed by atoms with Crippen molar-refractivity contribution < 1.29 is 0 Å². The Morgan fingerprint density at radius 3 is 3.17 bits per heavy atom. The van der Waals surface area contributed by atoms with Gasteiger partial charge in [0.25, 0.3) is 0 Å². The third-order valence-electron chi connectivity index (χ3n) is 1.24. The van der Waals surface area contributed by atoms with Crippen LogP contribution in [0.5, 0.6) is 0 Å². The Morgan fingerprint density at radius 1 is 1.75 bits per heavy atom. The van der Waals surface area contributed by atoms with Gasteiger partial charge in [0.1, 0.15) is 0 Å². The van der Waals surface area contributed by atoms with Crippen molar-refractivity contribution in [3.8, 4) is 11.8 Å². The van der Waals surface area contributed by atoms with Gasteiger partial charge in [0, 0.05) is 13.0 Å². The Bertz CT molecular complexity index is 295. The fourth-order valence-electron chi connectivity index (χ4n) is 0.683. The molecule has 1 aromatic rings. The third kappa shape index (κ3) is 2.91. The number of nitrogen functional groups attached to an aromatic ring is 1. The summed E-state index contributed by atoms with van der Waals surface area (Å²) in [5.74, 6) is 6.00. The van der Waals surface area contributed by atoms with E-state index in [1.54, 1.807) is 6.20 Å². The van der Waals surface area contributed by atoms with Crippen LogP contribution in [-0.2, 0) is 0 Å². The Labute approximate surface area is 76.0 Å². The smallest absolute Gasteiger partial charge is 0.181 e. The molecule has 3 nitrogen and oxygen atoms in total. The zero-order chi connectivity index (χ0) is 8.81. The molecule has 4 heteroatoms. The summed E-state index contributed by atoms with van der Waals surface area (Å²) in [6.45, 7) is 0.918. The van der Waals surface area contributed by atoms with E-state index in [4.69, 9.17) is 5.73 Å². The highest BCUT2D eigenvalue weighted by molar-refractivity contribution is 7.15. The molecule has 0 saturated carbocycles. The number of rotatable bonds is 2. The first-order chi connectivity index (χ1) is 5.83. The van der Waals surface area contributed by atoms with Crippen molar-refractivity contribution >= 4 is 16.5 Å². The molecular formula is C8H11N3S. The van der Waals surface area contributed by atoms with E-state index in [1.165, 1.54) is 11.3 Å². The monoisotopic (exact) mass is 181 g/mol. The molecule has 0 unspecified atom stereocenters. The zero-order valence-corrected chi connectivity index (χ0v) is 7.74. The Hall–Kier alpha value is -1.05. The van der Waals surface area contributed by atoms with Gasteiger partial charge in [-0.25, -0.2) is 4.98 Å². The Kier molecular flexibility index (Phi) is 3.58. The second kappa shape index (κ2) is 4.75. The molecular weight excluding hydrogens is 170 g/mol. The van der Waals surface area contributed by atoms with Crippen molar-refractivity contribution in [1.29, 1.82) is 0 Å². The first kappa shape index (κ1) is 9.04. The first-order valence-electron chi connectivity index (χ1n) is 3.67. The topological polar surface area (TPSA) is 50.9 Å². The lowest BCUT2D eigenvalue weighted by atomic mass is 10.4.